The molecule has 2 rings (SSSR count). The van der Waals surface area contributed by atoms with Crippen LogP contribution in [0.4, 0.5) is 5.69 Å². The molecule has 1 aromatic heterocycles. The molecule has 0 saturated carbocycles. The van der Waals surface area contributed by atoms with Crippen LogP contribution in [-0.4, -0.2) is 19.3 Å². The number of nitrogens with zero attached hydrogens (tertiary/aromatic N) is 1. The third-order valence-corrected chi connectivity index (χ3v) is 6.58. The number of sulfonamides is 1. The predicted molar refractivity (Wildman–Crippen MR) is 87.9 cm³/mol. The normalized spacial score (nSPS) is 12.0. The fourth-order valence-electron chi connectivity index (χ4n) is 2.31. The smallest absolute Gasteiger partial charge is 0.243 e. The second kappa shape index (κ2) is 6.17. The Bertz CT molecular complexity index is 722. The van der Waals surface area contributed by atoms with Crippen LogP contribution in [-0.2, 0) is 16.6 Å². The van der Waals surface area contributed by atoms with Crippen molar-refractivity contribution in [3.8, 4) is 0 Å². The number of nitrogen functional groups attached to an aromatic ring is 1. The number of nitrogens with two attached hydrogens (primary N) is 1. The molecule has 0 amide bonds. The highest BCUT2D eigenvalue weighted by atomic mass is 32.2. The summed E-state index contributed by atoms with van der Waals surface area (Å²) in [7, 11) is -3.55. The fourth-order valence-corrected chi connectivity index (χ4v) is 5.00. The third kappa shape index (κ3) is 3.12. The number of anilines is 1. The number of benzene rings is 1. The Labute approximate surface area is 130 Å². The van der Waals surface area contributed by atoms with Crippen LogP contribution in [0.5, 0.6) is 0 Å². The zero-order valence-corrected chi connectivity index (χ0v) is 14.1. The van der Waals surface area contributed by atoms with Crippen molar-refractivity contribution >= 4 is 27.0 Å². The van der Waals surface area contributed by atoms with Crippen LogP contribution in [0.2, 0.25) is 0 Å². The van der Waals surface area contributed by atoms with Gasteiger partial charge in [0.05, 0.1) is 4.90 Å². The molecule has 1 heterocycles. The number of hydrogen-bond donors (Lipinski definition) is 1. The van der Waals surface area contributed by atoms with Gasteiger partial charge in [-0.15, -0.1) is 11.3 Å². The Kier molecular flexibility index (Phi) is 4.70. The van der Waals surface area contributed by atoms with Crippen LogP contribution >= 0.6 is 11.3 Å². The van der Waals surface area contributed by atoms with E-state index in [9.17, 15) is 8.42 Å². The summed E-state index contributed by atoms with van der Waals surface area (Å²) in [5.74, 6) is 0. The highest BCUT2D eigenvalue weighted by Crippen LogP contribution is 2.28. The first-order valence-corrected chi connectivity index (χ1v) is 9.08. The second-order valence-corrected chi connectivity index (χ2v) is 7.84. The lowest BCUT2D eigenvalue weighted by Crippen LogP contribution is -2.31. The Hall–Kier alpha value is -1.37. The first-order valence-electron chi connectivity index (χ1n) is 6.76. The summed E-state index contributed by atoms with van der Waals surface area (Å²) in [6.07, 6.45) is 0. The van der Waals surface area contributed by atoms with Gasteiger partial charge in [0.25, 0.3) is 0 Å². The quantitative estimate of drug-likeness (QED) is 0.859. The van der Waals surface area contributed by atoms with E-state index in [-0.39, 0.29) is 0 Å². The van der Waals surface area contributed by atoms with Gasteiger partial charge >= 0.3 is 0 Å². The van der Waals surface area contributed by atoms with Gasteiger partial charge in [-0.3, -0.25) is 0 Å². The third-order valence-electron chi connectivity index (χ3n) is 3.51. The van der Waals surface area contributed by atoms with Crippen molar-refractivity contribution in [1.82, 2.24) is 4.31 Å². The van der Waals surface area contributed by atoms with E-state index < -0.39 is 10.0 Å². The first kappa shape index (κ1) is 16.0. The van der Waals surface area contributed by atoms with Gasteiger partial charge in [-0.2, -0.15) is 4.31 Å². The lowest BCUT2D eigenvalue weighted by atomic mass is 10.1. The monoisotopic (exact) mass is 324 g/mol. The molecule has 0 bridgehead atoms. The molecular formula is C15H20N2O2S2. The average Bonchev–Trinajstić information content (AvgIpc) is 2.93. The fraction of sp³-hybridized carbons (Fsp3) is 0.333. The molecule has 6 heteroatoms. The average molecular weight is 324 g/mol. The van der Waals surface area contributed by atoms with Crippen molar-refractivity contribution in [2.75, 3.05) is 12.3 Å². The van der Waals surface area contributed by atoms with Gasteiger partial charge in [0.1, 0.15) is 0 Å². The summed E-state index contributed by atoms with van der Waals surface area (Å²) < 4.78 is 27.4. The maximum absolute atomic E-state index is 13.0. The summed E-state index contributed by atoms with van der Waals surface area (Å²) in [6.45, 7) is 6.23. The molecule has 0 aliphatic rings. The summed E-state index contributed by atoms with van der Waals surface area (Å²) in [5, 5.41) is 1.95. The van der Waals surface area contributed by atoms with Crippen molar-refractivity contribution in [3.05, 3.63) is 45.6 Å². The maximum Gasteiger partial charge on any atom is 0.243 e. The first-order chi connectivity index (χ1) is 9.87. The Morgan fingerprint density at radius 2 is 1.95 bits per heavy atom. The van der Waals surface area contributed by atoms with E-state index in [1.165, 1.54) is 4.31 Å². The Morgan fingerprint density at radius 3 is 2.52 bits per heavy atom. The standard InChI is InChI=1S/C15H20N2O2S2/c1-4-17(10-13-6-5-9-20-13)21(18,19)15-11(2)7-8-14(16)12(15)3/h5-9H,4,10,16H2,1-3H3. The molecule has 114 valence electrons. The molecule has 0 saturated heterocycles. The molecular weight excluding hydrogens is 304 g/mol. The topological polar surface area (TPSA) is 63.4 Å². The molecule has 21 heavy (non-hydrogen) atoms. The van der Waals surface area contributed by atoms with E-state index in [0.29, 0.717) is 29.2 Å². The Balaban J connectivity index is 2.47. The Morgan fingerprint density at radius 1 is 1.24 bits per heavy atom. The van der Waals surface area contributed by atoms with Gasteiger partial charge in [0.15, 0.2) is 0 Å². The van der Waals surface area contributed by atoms with Gasteiger partial charge in [-0.05, 0) is 42.5 Å². The van der Waals surface area contributed by atoms with Gasteiger partial charge in [0.2, 0.25) is 10.0 Å². The molecule has 0 aliphatic heterocycles. The van der Waals surface area contributed by atoms with Crippen LogP contribution in [0.1, 0.15) is 22.9 Å². The number of aryl methyl sites for hydroxylation is 1. The van der Waals surface area contributed by atoms with Crippen LogP contribution in [0.3, 0.4) is 0 Å². The predicted octanol–water partition coefficient (Wildman–Crippen LogP) is 3.16. The number of thiophene rings is 1. The van der Waals surface area contributed by atoms with E-state index >= 15 is 0 Å². The van der Waals surface area contributed by atoms with Gasteiger partial charge in [-0.25, -0.2) is 8.42 Å². The SMILES string of the molecule is CCN(Cc1cccs1)S(=O)(=O)c1c(C)ccc(N)c1C. The zero-order valence-electron chi connectivity index (χ0n) is 12.5. The molecule has 4 nitrogen and oxygen atoms in total. The molecule has 0 fully saturated rings. The highest BCUT2D eigenvalue weighted by molar-refractivity contribution is 7.89. The maximum atomic E-state index is 13.0. The van der Waals surface area contributed by atoms with Gasteiger partial charge in [-0.1, -0.05) is 19.1 Å². The van der Waals surface area contributed by atoms with Gasteiger partial charge in [0, 0.05) is 23.7 Å². The number of hydrogen-bond acceptors (Lipinski definition) is 4. The summed E-state index contributed by atoms with van der Waals surface area (Å²) in [5.41, 5.74) is 7.74. The number of rotatable bonds is 5. The minimum Gasteiger partial charge on any atom is -0.398 e. The van der Waals surface area contributed by atoms with Crippen molar-refractivity contribution in [3.63, 3.8) is 0 Å². The summed E-state index contributed by atoms with van der Waals surface area (Å²) >= 11 is 1.56. The van der Waals surface area contributed by atoms with Gasteiger partial charge < -0.3 is 5.73 Å². The molecule has 2 N–H and O–H groups in total. The van der Waals surface area contributed by atoms with Crippen molar-refractivity contribution < 1.29 is 8.42 Å². The highest BCUT2D eigenvalue weighted by Gasteiger charge is 2.27. The van der Waals surface area contributed by atoms with Crippen LogP contribution in [0, 0.1) is 13.8 Å². The lowest BCUT2D eigenvalue weighted by Gasteiger charge is -2.22. The van der Waals surface area contributed by atoms with E-state index in [1.807, 2.05) is 24.4 Å². The minimum atomic E-state index is -3.55. The summed E-state index contributed by atoms with van der Waals surface area (Å²) in [6, 6.07) is 7.38. The van der Waals surface area contributed by atoms with E-state index in [4.69, 9.17) is 5.73 Å². The van der Waals surface area contributed by atoms with Crippen LogP contribution in [0.25, 0.3) is 0 Å². The lowest BCUT2D eigenvalue weighted by molar-refractivity contribution is 0.425. The van der Waals surface area contributed by atoms with Crippen LogP contribution < -0.4 is 5.73 Å². The van der Waals surface area contributed by atoms with Crippen molar-refractivity contribution in [2.45, 2.75) is 32.2 Å². The molecule has 0 aliphatic carbocycles. The van der Waals surface area contributed by atoms with E-state index in [2.05, 4.69) is 0 Å². The minimum absolute atomic E-state index is 0.334. The summed E-state index contributed by atoms with van der Waals surface area (Å²) in [4.78, 5) is 1.36. The second-order valence-electron chi connectivity index (χ2n) is 4.94. The molecule has 0 radical (unpaired) electrons. The van der Waals surface area contributed by atoms with E-state index in [1.54, 1.807) is 37.3 Å². The largest absolute Gasteiger partial charge is 0.398 e. The molecule has 2 aromatic rings. The van der Waals surface area contributed by atoms with E-state index in [0.717, 1.165) is 10.4 Å². The molecule has 0 atom stereocenters. The molecule has 0 unspecified atom stereocenters. The molecule has 1 aromatic carbocycles. The van der Waals surface area contributed by atoms with Crippen LogP contribution in [0.15, 0.2) is 34.5 Å². The van der Waals surface area contributed by atoms with Crippen molar-refractivity contribution in [1.29, 1.82) is 0 Å². The molecule has 0 spiro atoms. The van der Waals surface area contributed by atoms with Crippen molar-refractivity contribution in [2.24, 2.45) is 0 Å². The zero-order chi connectivity index (χ0) is 15.6.